The molecule has 2 aliphatic rings. The standard InChI is InChI=1S/C25H32N2O2/c1-26(23-11-5-6-12-24(23)27-17-7-8-18-27)25(28)19-29-22-15-13-21(14-16-22)20-9-3-2-4-10-20/h2-4,9-10,13-16,23-24H,5-8,11-12,17-19H2,1H3. The molecule has 2 fully saturated rings. The second kappa shape index (κ2) is 9.45. The summed E-state index contributed by atoms with van der Waals surface area (Å²) in [6.07, 6.45) is 7.41. The van der Waals surface area contributed by atoms with Crippen molar-refractivity contribution in [2.75, 3.05) is 26.7 Å². The van der Waals surface area contributed by atoms with Gasteiger partial charge in [0.25, 0.3) is 5.91 Å². The summed E-state index contributed by atoms with van der Waals surface area (Å²) in [5, 5.41) is 0. The van der Waals surface area contributed by atoms with Crippen molar-refractivity contribution >= 4 is 5.91 Å². The maximum atomic E-state index is 12.8. The molecule has 0 spiro atoms. The van der Waals surface area contributed by atoms with E-state index in [9.17, 15) is 4.79 Å². The first-order chi connectivity index (χ1) is 14.2. The highest BCUT2D eigenvalue weighted by Gasteiger charge is 2.35. The molecule has 1 heterocycles. The number of hydrogen-bond donors (Lipinski definition) is 0. The van der Waals surface area contributed by atoms with Gasteiger partial charge in [-0.15, -0.1) is 0 Å². The monoisotopic (exact) mass is 392 g/mol. The van der Waals surface area contributed by atoms with Crippen molar-refractivity contribution in [3.63, 3.8) is 0 Å². The van der Waals surface area contributed by atoms with Crippen molar-refractivity contribution < 1.29 is 9.53 Å². The third-order valence-corrected chi connectivity index (χ3v) is 6.52. The third-order valence-electron chi connectivity index (χ3n) is 6.52. The number of likely N-dealkylation sites (tertiary alicyclic amines) is 1. The molecule has 1 amide bonds. The fraction of sp³-hybridized carbons (Fsp3) is 0.480. The van der Waals surface area contributed by atoms with Crippen LogP contribution in [0.25, 0.3) is 11.1 Å². The van der Waals surface area contributed by atoms with Gasteiger partial charge in [-0.3, -0.25) is 9.69 Å². The second-order valence-corrected chi connectivity index (χ2v) is 8.35. The van der Waals surface area contributed by atoms with Gasteiger partial charge in [-0.2, -0.15) is 0 Å². The Labute approximate surface area is 174 Å². The van der Waals surface area contributed by atoms with Crippen molar-refractivity contribution in [3.8, 4) is 16.9 Å². The van der Waals surface area contributed by atoms with Crippen LogP contribution in [-0.2, 0) is 4.79 Å². The van der Waals surface area contributed by atoms with Crippen LogP contribution in [0.5, 0.6) is 5.75 Å². The van der Waals surface area contributed by atoms with Crippen molar-refractivity contribution in [1.82, 2.24) is 9.80 Å². The Balaban J connectivity index is 1.33. The molecule has 0 radical (unpaired) electrons. The summed E-state index contributed by atoms with van der Waals surface area (Å²) in [5.74, 6) is 0.819. The molecular formula is C25H32N2O2. The average molecular weight is 393 g/mol. The largest absolute Gasteiger partial charge is 0.484 e. The number of amides is 1. The molecule has 1 aliphatic heterocycles. The number of hydrogen-bond acceptors (Lipinski definition) is 3. The van der Waals surface area contributed by atoms with E-state index >= 15 is 0 Å². The molecule has 4 heteroatoms. The number of likely N-dealkylation sites (N-methyl/N-ethyl adjacent to an activating group) is 1. The van der Waals surface area contributed by atoms with E-state index in [4.69, 9.17) is 4.74 Å². The predicted octanol–water partition coefficient (Wildman–Crippen LogP) is 4.60. The van der Waals surface area contributed by atoms with Gasteiger partial charge in [0.15, 0.2) is 6.61 Å². The maximum absolute atomic E-state index is 12.8. The van der Waals surface area contributed by atoms with Gasteiger partial charge in [-0.1, -0.05) is 55.3 Å². The summed E-state index contributed by atoms with van der Waals surface area (Å²) < 4.78 is 5.83. The number of carbonyl (C=O) groups excluding carboxylic acids is 1. The summed E-state index contributed by atoms with van der Waals surface area (Å²) in [5.41, 5.74) is 2.33. The van der Waals surface area contributed by atoms with E-state index in [0.717, 1.165) is 17.7 Å². The second-order valence-electron chi connectivity index (χ2n) is 8.35. The quantitative estimate of drug-likeness (QED) is 0.720. The number of ether oxygens (including phenoxy) is 1. The van der Waals surface area contributed by atoms with Crippen molar-refractivity contribution in [3.05, 3.63) is 54.6 Å². The Bertz CT molecular complexity index is 784. The normalized spacial score (nSPS) is 22.4. The van der Waals surface area contributed by atoms with Gasteiger partial charge in [-0.25, -0.2) is 0 Å². The smallest absolute Gasteiger partial charge is 0.260 e. The zero-order valence-electron chi connectivity index (χ0n) is 17.4. The lowest BCUT2D eigenvalue weighted by Crippen LogP contribution is -2.53. The lowest BCUT2D eigenvalue weighted by molar-refractivity contribution is -0.136. The van der Waals surface area contributed by atoms with E-state index in [2.05, 4.69) is 17.0 Å². The van der Waals surface area contributed by atoms with Gasteiger partial charge in [0.1, 0.15) is 5.75 Å². The Hall–Kier alpha value is -2.33. The minimum absolute atomic E-state index is 0.0771. The summed E-state index contributed by atoms with van der Waals surface area (Å²) in [6.45, 7) is 2.48. The average Bonchev–Trinajstić information content (AvgIpc) is 3.33. The SMILES string of the molecule is CN(C(=O)COc1ccc(-c2ccccc2)cc1)C1CCCCC1N1CCCC1. The topological polar surface area (TPSA) is 32.8 Å². The van der Waals surface area contributed by atoms with Gasteiger partial charge < -0.3 is 9.64 Å². The van der Waals surface area contributed by atoms with Crippen LogP contribution in [0.15, 0.2) is 54.6 Å². The fourth-order valence-electron chi connectivity index (χ4n) is 4.85. The molecule has 154 valence electrons. The van der Waals surface area contributed by atoms with Crippen LogP contribution >= 0.6 is 0 Å². The van der Waals surface area contributed by atoms with Crippen LogP contribution in [0.3, 0.4) is 0 Å². The maximum Gasteiger partial charge on any atom is 0.260 e. The van der Waals surface area contributed by atoms with E-state index in [-0.39, 0.29) is 12.5 Å². The molecule has 0 N–H and O–H groups in total. The molecule has 1 saturated heterocycles. The molecule has 2 unspecified atom stereocenters. The number of carbonyl (C=O) groups is 1. The van der Waals surface area contributed by atoms with Gasteiger partial charge in [0, 0.05) is 19.1 Å². The molecule has 2 aromatic rings. The molecule has 4 nitrogen and oxygen atoms in total. The van der Waals surface area contributed by atoms with Crippen LogP contribution in [0.2, 0.25) is 0 Å². The minimum Gasteiger partial charge on any atom is -0.484 e. The van der Waals surface area contributed by atoms with Crippen LogP contribution in [0.4, 0.5) is 0 Å². The Morgan fingerprint density at radius 2 is 1.59 bits per heavy atom. The zero-order chi connectivity index (χ0) is 20.1. The first kappa shape index (κ1) is 20.0. The lowest BCUT2D eigenvalue weighted by Gasteiger charge is -2.42. The molecule has 29 heavy (non-hydrogen) atoms. The first-order valence-electron chi connectivity index (χ1n) is 11.0. The summed E-state index contributed by atoms with van der Waals surface area (Å²) in [7, 11) is 1.96. The van der Waals surface area contributed by atoms with Crippen LogP contribution in [0, 0.1) is 0 Å². The van der Waals surface area contributed by atoms with Gasteiger partial charge in [-0.05, 0) is 62.0 Å². The number of nitrogens with zero attached hydrogens (tertiary/aromatic N) is 2. The van der Waals surface area contributed by atoms with Crippen LogP contribution in [-0.4, -0.2) is 54.5 Å². The minimum atomic E-state index is 0.0771. The predicted molar refractivity (Wildman–Crippen MR) is 117 cm³/mol. The van der Waals surface area contributed by atoms with E-state index in [1.54, 1.807) is 0 Å². The highest BCUT2D eigenvalue weighted by molar-refractivity contribution is 5.78. The molecule has 0 bridgehead atoms. The summed E-state index contributed by atoms with van der Waals surface area (Å²) >= 11 is 0. The molecule has 4 rings (SSSR count). The summed E-state index contributed by atoms with van der Waals surface area (Å²) in [4.78, 5) is 17.4. The number of rotatable bonds is 6. The van der Waals surface area contributed by atoms with Crippen LogP contribution < -0.4 is 4.74 Å². The van der Waals surface area contributed by atoms with Gasteiger partial charge in [0.2, 0.25) is 0 Å². The summed E-state index contributed by atoms with van der Waals surface area (Å²) in [6, 6.07) is 19.1. The Morgan fingerprint density at radius 1 is 0.931 bits per heavy atom. The van der Waals surface area contributed by atoms with E-state index < -0.39 is 0 Å². The van der Waals surface area contributed by atoms with Crippen molar-refractivity contribution in [2.45, 2.75) is 50.6 Å². The molecule has 0 aromatic heterocycles. The van der Waals surface area contributed by atoms with E-state index in [1.807, 2.05) is 54.4 Å². The van der Waals surface area contributed by atoms with Gasteiger partial charge >= 0.3 is 0 Å². The molecule has 1 aliphatic carbocycles. The van der Waals surface area contributed by atoms with Gasteiger partial charge in [0.05, 0.1) is 0 Å². The molecular weight excluding hydrogens is 360 g/mol. The third kappa shape index (κ3) is 4.81. The highest BCUT2D eigenvalue weighted by atomic mass is 16.5. The molecule has 2 atom stereocenters. The highest BCUT2D eigenvalue weighted by Crippen LogP contribution is 2.29. The van der Waals surface area contributed by atoms with Crippen molar-refractivity contribution in [2.24, 2.45) is 0 Å². The lowest BCUT2D eigenvalue weighted by atomic mass is 9.88. The number of benzene rings is 2. The zero-order valence-corrected chi connectivity index (χ0v) is 17.4. The van der Waals surface area contributed by atoms with E-state index in [0.29, 0.717) is 12.1 Å². The van der Waals surface area contributed by atoms with Crippen LogP contribution in [0.1, 0.15) is 38.5 Å². The first-order valence-corrected chi connectivity index (χ1v) is 11.0. The molecule has 2 aromatic carbocycles. The van der Waals surface area contributed by atoms with Crippen molar-refractivity contribution in [1.29, 1.82) is 0 Å². The Morgan fingerprint density at radius 3 is 2.31 bits per heavy atom. The Kier molecular flexibility index (Phi) is 6.50. The van der Waals surface area contributed by atoms with E-state index in [1.165, 1.54) is 50.8 Å². The fourth-order valence-corrected chi connectivity index (χ4v) is 4.85. The molecule has 1 saturated carbocycles.